The summed E-state index contributed by atoms with van der Waals surface area (Å²) in [4.78, 5) is 34.9. The van der Waals surface area contributed by atoms with E-state index in [9.17, 15) is 14.0 Å². The van der Waals surface area contributed by atoms with E-state index in [-0.39, 0.29) is 23.9 Å². The topological polar surface area (TPSA) is 72.0 Å². The number of morpholine rings is 1. The van der Waals surface area contributed by atoms with Crippen LogP contribution >= 0.6 is 24.4 Å². The highest BCUT2D eigenvalue weighted by molar-refractivity contribution is 7.78. The van der Waals surface area contributed by atoms with Gasteiger partial charge in [-0.05, 0) is 59.7 Å². The number of ether oxygens (including phenoxy) is 2. The number of carbonyl (C=O) groups excluding carboxylic acids is 2. The molecular formula is C32H27ClFN3O4S. The summed E-state index contributed by atoms with van der Waals surface area (Å²) < 4.78 is 26.1. The van der Waals surface area contributed by atoms with Crippen molar-refractivity contribution in [3.63, 3.8) is 0 Å². The highest BCUT2D eigenvalue weighted by Crippen LogP contribution is 2.48. The van der Waals surface area contributed by atoms with E-state index in [1.54, 1.807) is 42.5 Å². The molecule has 1 aromatic heterocycles. The molecular weight excluding hydrogens is 577 g/mol. The van der Waals surface area contributed by atoms with E-state index in [1.165, 1.54) is 28.6 Å². The number of ketones is 1. The van der Waals surface area contributed by atoms with E-state index in [1.807, 2.05) is 24.3 Å². The maximum atomic E-state index is 14.0. The molecule has 2 atom stereocenters. The standard InChI is InChI=1S/C32H27ClFN3O4S/c33-26-5-2-1-4-25(26)30-27(38)20-32(37(42)31(30)39,21-8-12-23(13-9-21)36-16-18-40-19-17-36)28-6-3-7-29(35-28)41-24-14-10-22(34)11-15-24/h1-15,30,42H,16-20H2/t30?,32-/m1/s1. The Bertz CT molecular complexity index is 1620. The first-order valence-corrected chi connectivity index (χ1v) is 14.3. The molecule has 2 aliphatic heterocycles. The average molecular weight is 604 g/mol. The fourth-order valence-electron chi connectivity index (χ4n) is 5.56. The van der Waals surface area contributed by atoms with E-state index in [4.69, 9.17) is 38.9 Å². The number of aromatic nitrogens is 1. The predicted molar refractivity (Wildman–Crippen MR) is 161 cm³/mol. The number of piperidine rings is 1. The number of Topliss-reactive ketones (excluding diaryl/α,β-unsaturated/α-hetero) is 1. The summed E-state index contributed by atoms with van der Waals surface area (Å²) in [6.45, 7) is 2.83. The Morgan fingerprint density at radius 1 is 0.929 bits per heavy atom. The second kappa shape index (κ2) is 11.8. The molecule has 0 spiro atoms. The van der Waals surface area contributed by atoms with Crippen LogP contribution < -0.4 is 9.64 Å². The lowest BCUT2D eigenvalue weighted by molar-refractivity contribution is -0.142. The summed E-state index contributed by atoms with van der Waals surface area (Å²) in [5, 5.41) is 0.334. The quantitative estimate of drug-likeness (QED) is 0.210. The largest absolute Gasteiger partial charge is 0.439 e. The van der Waals surface area contributed by atoms with Gasteiger partial charge in [0, 0.05) is 36.3 Å². The Kier molecular flexibility index (Phi) is 7.90. The highest BCUT2D eigenvalue weighted by Gasteiger charge is 2.53. The molecule has 7 nitrogen and oxygen atoms in total. The van der Waals surface area contributed by atoms with Crippen molar-refractivity contribution in [1.82, 2.24) is 9.29 Å². The first-order valence-electron chi connectivity index (χ1n) is 13.5. The minimum Gasteiger partial charge on any atom is -0.439 e. The van der Waals surface area contributed by atoms with Gasteiger partial charge in [0.05, 0.1) is 18.9 Å². The Labute approximate surface area is 253 Å². The van der Waals surface area contributed by atoms with Gasteiger partial charge in [0.15, 0.2) is 5.78 Å². The lowest BCUT2D eigenvalue weighted by atomic mass is 9.74. The maximum absolute atomic E-state index is 14.0. The molecule has 3 aromatic carbocycles. The second-order valence-corrected chi connectivity index (χ2v) is 11.0. The summed E-state index contributed by atoms with van der Waals surface area (Å²) in [6.07, 6.45) is -0.0952. The third kappa shape index (κ3) is 5.24. The van der Waals surface area contributed by atoms with Crippen LogP contribution in [0.25, 0.3) is 0 Å². The smallest absolute Gasteiger partial charge is 0.248 e. The third-order valence-corrected chi connectivity index (χ3v) is 8.57. The average Bonchev–Trinajstić information content (AvgIpc) is 3.02. The molecule has 10 heteroatoms. The SMILES string of the molecule is O=C1C[C@@](c2ccc(N3CCOCC3)cc2)(c2cccc(Oc3ccc(F)cc3)n2)N(S)C(=O)C1c1ccccc1Cl. The van der Waals surface area contributed by atoms with E-state index in [0.717, 1.165) is 18.8 Å². The third-order valence-electron chi connectivity index (χ3n) is 7.69. The van der Waals surface area contributed by atoms with Gasteiger partial charge in [-0.3, -0.25) is 13.9 Å². The molecule has 3 heterocycles. The highest BCUT2D eigenvalue weighted by atomic mass is 35.5. The molecule has 1 unspecified atom stereocenters. The van der Waals surface area contributed by atoms with Gasteiger partial charge in [-0.15, -0.1) is 0 Å². The fourth-order valence-corrected chi connectivity index (χ4v) is 6.21. The monoisotopic (exact) mass is 603 g/mol. The van der Waals surface area contributed by atoms with Crippen LogP contribution in [0.1, 0.15) is 29.2 Å². The number of anilines is 1. The van der Waals surface area contributed by atoms with Gasteiger partial charge in [-0.25, -0.2) is 9.37 Å². The zero-order valence-electron chi connectivity index (χ0n) is 22.5. The molecule has 4 aromatic rings. The van der Waals surface area contributed by atoms with Crippen LogP contribution in [0.2, 0.25) is 5.02 Å². The summed E-state index contributed by atoms with van der Waals surface area (Å²) >= 11 is 11.2. The zero-order valence-corrected chi connectivity index (χ0v) is 24.1. The van der Waals surface area contributed by atoms with Crippen LogP contribution in [0, 0.1) is 5.82 Å². The number of rotatable bonds is 6. The van der Waals surface area contributed by atoms with Crippen molar-refractivity contribution in [3.05, 3.63) is 119 Å². The number of pyridine rings is 1. The molecule has 42 heavy (non-hydrogen) atoms. The Morgan fingerprint density at radius 2 is 1.64 bits per heavy atom. The first-order chi connectivity index (χ1) is 20.4. The van der Waals surface area contributed by atoms with Crippen LogP contribution in [0.3, 0.4) is 0 Å². The molecule has 2 fully saturated rings. The van der Waals surface area contributed by atoms with E-state index in [0.29, 0.717) is 40.8 Å². The van der Waals surface area contributed by atoms with Crippen molar-refractivity contribution < 1.29 is 23.5 Å². The van der Waals surface area contributed by atoms with Gasteiger partial charge < -0.3 is 14.4 Å². The molecule has 0 N–H and O–H groups in total. The predicted octanol–water partition coefficient (Wildman–Crippen LogP) is 6.18. The minimum atomic E-state index is -1.35. The van der Waals surface area contributed by atoms with Crippen molar-refractivity contribution in [2.24, 2.45) is 0 Å². The van der Waals surface area contributed by atoms with Gasteiger partial charge in [0.2, 0.25) is 11.8 Å². The molecule has 0 bridgehead atoms. The van der Waals surface area contributed by atoms with Crippen LogP contribution in [0.4, 0.5) is 10.1 Å². The van der Waals surface area contributed by atoms with Crippen LogP contribution in [-0.4, -0.2) is 47.3 Å². The van der Waals surface area contributed by atoms with Gasteiger partial charge in [-0.2, -0.15) is 0 Å². The first kappa shape index (κ1) is 28.2. The molecule has 2 saturated heterocycles. The number of benzene rings is 3. The maximum Gasteiger partial charge on any atom is 0.248 e. The number of hydrogen-bond donors (Lipinski definition) is 1. The Hall–Kier alpha value is -3.92. The van der Waals surface area contributed by atoms with Crippen molar-refractivity contribution in [2.75, 3.05) is 31.2 Å². The summed E-state index contributed by atoms with van der Waals surface area (Å²) in [5.74, 6) is -1.69. The fraction of sp³-hybridized carbons (Fsp3) is 0.219. The zero-order chi connectivity index (χ0) is 29.3. The minimum absolute atomic E-state index is 0.0952. The van der Waals surface area contributed by atoms with E-state index in [2.05, 4.69) is 4.90 Å². The molecule has 0 aliphatic carbocycles. The molecule has 0 saturated carbocycles. The van der Waals surface area contributed by atoms with Crippen LogP contribution in [0.5, 0.6) is 11.6 Å². The van der Waals surface area contributed by atoms with Gasteiger partial charge in [0.25, 0.3) is 0 Å². The number of thiol groups is 1. The van der Waals surface area contributed by atoms with Crippen molar-refractivity contribution >= 4 is 41.8 Å². The van der Waals surface area contributed by atoms with Gasteiger partial charge >= 0.3 is 0 Å². The molecule has 2 aliphatic rings. The van der Waals surface area contributed by atoms with Crippen LogP contribution in [-0.2, 0) is 19.9 Å². The molecule has 0 radical (unpaired) electrons. The molecule has 1 amide bonds. The molecule has 214 valence electrons. The van der Waals surface area contributed by atoms with Crippen LogP contribution in [0.15, 0.2) is 91.0 Å². The number of carbonyl (C=O) groups is 2. The summed E-state index contributed by atoms with van der Waals surface area (Å²) in [7, 11) is 0. The van der Waals surface area contributed by atoms with Crippen molar-refractivity contribution in [3.8, 4) is 11.6 Å². The number of nitrogens with zero attached hydrogens (tertiary/aromatic N) is 3. The number of hydrogen-bond acceptors (Lipinski definition) is 7. The van der Waals surface area contributed by atoms with Gasteiger partial charge in [0.1, 0.15) is 23.0 Å². The number of amides is 1. The Balaban J connectivity index is 1.43. The van der Waals surface area contributed by atoms with Gasteiger partial charge in [-0.1, -0.05) is 60.8 Å². The second-order valence-electron chi connectivity index (χ2n) is 10.2. The van der Waals surface area contributed by atoms with Crippen molar-refractivity contribution in [2.45, 2.75) is 17.9 Å². The van der Waals surface area contributed by atoms with Crippen molar-refractivity contribution in [1.29, 1.82) is 0 Å². The Morgan fingerprint density at radius 3 is 2.36 bits per heavy atom. The van der Waals surface area contributed by atoms with E-state index < -0.39 is 17.4 Å². The summed E-state index contributed by atoms with van der Waals surface area (Å²) in [6, 6.07) is 25.3. The normalized spacial score (nSPS) is 21.0. The lowest BCUT2D eigenvalue weighted by Gasteiger charge is -2.45. The lowest BCUT2D eigenvalue weighted by Crippen LogP contribution is -2.54. The summed E-state index contributed by atoms with van der Waals surface area (Å²) in [5.41, 5.74) is 1.16. The van der Waals surface area contributed by atoms with E-state index >= 15 is 0 Å². The number of halogens is 2. The molecule has 6 rings (SSSR count).